The van der Waals surface area contributed by atoms with Crippen LogP contribution in [0.4, 0.5) is 0 Å². The Bertz CT molecular complexity index is 794. The van der Waals surface area contributed by atoms with E-state index in [1.54, 1.807) is 0 Å². The fraction of sp³-hybridized carbons (Fsp3) is 0.250. The standard InChI is InChI=1S/C20H20N2O/c1-15-11-12-20(22-14-21-13-18(15)22)23-19-10-6-5-9-17(19)16-7-3-2-4-8-16/h2-10,13-15,20H,11-12H2,1H3. The Morgan fingerprint density at radius 3 is 2.65 bits per heavy atom. The van der Waals surface area contributed by atoms with Crippen molar-refractivity contribution in [2.75, 3.05) is 0 Å². The number of nitrogens with zero attached hydrogens (tertiary/aromatic N) is 2. The van der Waals surface area contributed by atoms with Gasteiger partial charge in [-0.3, -0.25) is 4.57 Å². The lowest BCUT2D eigenvalue weighted by Crippen LogP contribution is -2.23. The molecule has 0 spiro atoms. The second-order valence-electron chi connectivity index (χ2n) is 6.14. The highest BCUT2D eigenvalue weighted by Crippen LogP contribution is 2.37. The molecule has 2 aromatic carbocycles. The zero-order valence-electron chi connectivity index (χ0n) is 13.2. The van der Waals surface area contributed by atoms with Crippen LogP contribution in [-0.4, -0.2) is 9.55 Å². The van der Waals surface area contributed by atoms with Crippen LogP contribution in [0.3, 0.4) is 0 Å². The molecule has 2 heterocycles. The molecule has 0 fully saturated rings. The SMILES string of the molecule is CC1CCC(Oc2ccccc2-c2ccccc2)n2cncc21. The van der Waals surface area contributed by atoms with Gasteiger partial charge in [-0.15, -0.1) is 0 Å². The van der Waals surface area contributed by atoms with E-state index < -0.39 is 0 Å². The van der Waals surface area contributed by atoms with E-state index in [4.69, 9.17) is 4.74 Å². The summed E-state index contributed by atoms with van der Waals surface area (Å²) in [5, 5.41) is 0. The lowest BCUT2D eigenvalue weighted by molar-refractivity contribution is 0.100. The van der Waals surface area contributed by atoms with Gasteiger partial charge in [0.05, 0.1) is 6.33 Å². The zero-order chi connectivity index (χ0) is 15.6. The molecular weight excluding hydrogens is 284 g/mol. The van der Waals surface area contributed by atoms with Crippen molar-refractivity contribution in [1.82, 2.24) is 9.55 Å². The summed E-state index contributed by atoms with van der Waals surface area (Å²) in [7, 11) is 0. The summed E-state index contributed by atoms with van der Waals surface area (Å²) in [6.45, 7) is 2.25. The Morgan fingerprint density at radius 1 is 1.00 bits per heavy atom. The topological polar surface area (TPSA) is 27.1 Å². The minimum atomic E-state index is 0.0218. The summed E-state index contributed by atoms with van der Waals surface area (Å²) in [5.41, 5.74) is 3.57. The summed E-state index contributed by atoms with van der Waals surface area (Å²) in [4.78, 5) is 4.31. The second kappa shape index (κ2) is 5.92. The highest BCUT2D eigenvalue weighted by atomic mass is 16.5. The smallest absolute Gasteiger partial charge is 0.177 e. The number of hydrogen-bond acceptors (Lipinski definition) is 2. The average Bonchev–Trinajstić information content (AvgIpc) is 3.10. The summed E-state index contributed by atoms with van der Waals surface area (Å²) < 4.78 is 8.57. The van der Waals surface area contributed by atoms with E-state index in [1.165, 1.54) is 11.3 Å². The molecule has 3 aromatic rings. The Morgan fingerprint density at radius 2 is 1.78 bits per heavy atom. The molecule has 23 heavy (non-hydrogen) atoms. The Kier molecular flexibility index (Phi) is 3.62. The van der Waals surface area contributed by atoms with E-state index in [9.17, 15) is 0 Å². The number of hydrogen-bond donors (Lipinski definition) is 0. The average molecular weight is 304 g/mol. The summed E-state index contributed by atoms with van der Waals surface area (Å²) in [6, 6.07) is 18.6. The van der Waals surface area contributed by atoms with E-state index in [0.717, 1.165) is 24.2 Å². The fourth-order valence-electron chi connectivity index (χ4n) is 3.30. The maximum atomic E-state index is 6.40. The van der Waals surface area contributed by atoms with Crippen LogP contribution in [0.2, 0.25) is 0 Å². The molecule has 1 aromatic heterocycles. The molecule has 3 heteroatoms. The molecule has 0 amide bonds. The van der Waals surface area contributed by atoms with Gasteiger partial charge in [-0.2, -0.15) is 0 Å². The number of ether oxygens (including phenoxy) is 1. The molecule has 0 bridgehead atoms. The van der Waals surface area contributed by atoms with E-state index in [-0.39, 0.29) is 6.23 Å². The second-order valence-corrected chi connectivity index (χ2v) is 6.14. The summed E-state index contributed by atoms with van der Waals surface area (Å²) in [5.74, 6) is 1.47. The fourth-order valence-corrected chi connectivity index (χ4v) is 3.30. The first kappa shape index (κ1) is 14.1. The third kappa shape index (κ3) is 2.63. The molecule has 0 aliphatic carbocycles. The summed E-state index contributed by atoms with van der Waals surface area (Å²) in [6.07, 6.45) is 6.01. The van der Waals surface area contributed by atoms with Gasteiger partial charge in [-0.05, 0) is 24.0 Å². The Labute approximate surface area is 136 Å². The predicted molar refractivity (Wildman–Crippen MR) is 91.4 cm³/mol. The van der Waals surface area contributed by atoms with Crippen molar-refractivity contribution in [2.45, 2.75) is 31.9 Å². The quantitative estimate of drug-likeness (QED) is 0.679. The number of para-hydroxylation sites is 1. The van der Waals surface area contributed by atoms with Gasteiger partial charge < -0.3 is 4.74 Å². The van der Waals surface area contributed by atoms with Crippen molar-refractivity contribution in [2.24, 2.45) is 0 Å². The van der Waals surface area contributed by atoms with Gasteiger partial charge in [0.1, 0.15) is 5.75 Å². The van der Waals surface area contributed by atoms with Crippen LogP contribution in [0.5, 0.6) is 5.75 Å². The number of aromatic nitrogens is 2. The molecule has 0 N–H and O–H groups in total. The minimum Gasteiger partial charge on any atom is -0.470 e. The number of fused-ring (bicyclic) bond motifs is 1. The first-order valence-corrected chi connectivity index (χ1v) is 8.16. The molecule has 1 aliphatic rings. The van der Waals surface area contributed by atoms with Crippen LogP contribution in [0.1, 0.15) is 37.6 Å². The van der Waals surface area contributed by atoms with Gasteiger partial charge in [-0.25, -0.2) is 4.98 Å². The van der Waals surface area contributed by atoms with Crippen molar-refractivity contribution in [3.63, 3.8) is 0 Å². The van der Waals surface area contributed by atoms with Crippen LogP contribution in [0.15, 0.2) is 67.1 Å². The van der Waals surface area contributed by atoms with Gasteiger partial charge in [0.15, 0.2) is 6.23 Å². The van der Waals surface area contributed by atoms with Gasteiger partial charge in [0, 0.05) is 23.9 Å². The molecule has 1 aliphatic heterocycles. The largest absolute Gasteiger partial charge is 0.470 e. The van der Waals surface area contributed by atoms with Crippen LogP contribution >= 0.6 is 0 Å². The third-order valence-corrected chi connectivity index (χ3v) is 4.59. The highest BCUT2D eigenvalue weighted by molar-refractivity contribution is 5.70. The van der Waals surface area contributed by atoms with Crippen molar-refractivity contribution in [3.05, 3.63) is 72.8 Å². The van der Waals surface area contributed by atoms with E-state index in [2.05, 4.69) is 58.9 Å². The van der Waals surface area contributed by atoms with Crippen molar-refractivity contribution in [3.8, 4) is 16.9 Å². The molecule has 0 saturated heterocycles. The number of rotatable bonds is 3. The van der Waals surface area contributed by atoms with Gasteiger partial charge in [-0.1, -0.05) is 55.5 Å². The molecule has 2 unspecified atom stereocenters. The van der Waals surface area contributed by atoms with Crippen molar-refractivity contribution >= 4 is 0 Å². The van der Waals surface area contributed by atoms with Gasteiger partial charge in [0.25, 0.3) is 0 Å². The monoisotopic (exact) mass is 304 g/mol. The molecule has 116 valence electrons. The lowest BCUT2D eigenvalue weighted by atomic mass is 9.97. The number of benzene rings is 2. The van der Waals surface area contributed by atoms with Crippen LogP contribution in [0.25, 0.3) is 11.1 Å². The number of imidazole rings is 1. The predicted octanol–water partition coefficient (Wildman–Crippen LogP) is 5.03. The van der Waals surface area contributed by atoms with Crippen LogP contribution < -0.4 is 4.74 Å². The molecule has 2 atom stereocenters. The van der Waals surface area contributed by atoms with Crippen molar-refractivity contribution in [1.29, 1.82) is 0 Å². The van der Waals surface area contributed by atoms with Gasteiger partial charge in [0.2, 0.25) is 0 Å². The molecule has 0 saturated carbocycles. The lowest BCUT2D eigenvalue weighted by Gasteiger charge is -2.30. The van der Waals surface area contributed by atoms with Gasteiger partial charge >= 0.3 is 0 Å². The zero-order valence-corrected chi connectivity index (χ0v) is 13.2. The molecule has 4 rings (SSSR count). The molecular formula is C20H20N2O. The van der Waals surface area contributed by atoms with E-state index >= 15 is 0 Å². The maximum absolute atomic E-state index is 6.40. The first-order valence-electron chi connectivity index (χ1n) is 8.16. The normalized spacial score (nSPS) is 20.0. The first-order chi connectivity index (χ1) is 11.3. The minimum absolute atomic E-state index is 0.0218. The molecule has 3 nitrogen and oxygen atoms in total. The summed E-state index contributed by atoms with van der Waals surface area (Å²) >= 11 is 0. The molecule has 0 radical (unpaired) electrons. The van der Waals surface area contributed by atoms with E-state index in [1.807, 2.05) is 24.7 Å². The highest BCUT2D eigenvalue weighted by Gasteiger charge is 2.26. The van der Waals surface area contributed by atoms with Crippen molar-refractivity contribution < 1.29 is 4.74 Å². The van der Waals surface area contributed by atoms with Crippen LogP contribution in [-0.2, 0) is 0 Å². The Balaban J connectivity index is 1.68. The maximum Gasteiger partial charge on any atom is 0.177 e. The third-order valence-electron chi connectivity index (χ3n) is 4.59. The van der Waals surface area contributed by atoms with E-state index in [0.29, 0.717) is 5.92 Å². The Hall–Kier alpha value is -2.55. The van der Waals surface area contributed by atoms with Crippen LogP contribution in [0, 0.1) is 0 Å².